The highest BCUT2D eigenvalue weighted by atomic mass is 16.7. The summed E-state index contributed by atoms with van der Waals surface area (Å²) in [6, 6.07) is 12.6. The Labute approximate surface area is 184 Å². The Morgan fingerprint density at radius 3 is 2.69 bits per heavy atom. The zero-order valence-electron chi connectivity index (χ0n) is 17.5. The second kappa shape index (κ2) is 5.89. The number of hydrogen-bond donors (Lipinski definition) is 0. The van der Waals surface area contributed by atoms with Crippen molar-refractivity contribution >= 4 is 29.1 Å². The highest BCUT2D eigenvalue weighted by Crippen LogP contribution is 2.61. The maximum absolute atomic E-state index is 14.0. The molecule has 2 aromatic rings. The van der Waals surface area contributed by atoms with Gasteiger partial charge in [-0.05, 0) is 37.6 Å². The smallest absolute Gasteiger partial charge is 0.252 e. The van der Waals surface area contributed by atoms with Crippen LogP contribution in [0.4, 0.5) is 11.4 Å². The Kier molecular flexibility index (Phi) is 3.35. The van der Waals surface area contributed by atoms with Crippen LogP contribution in [0.1, 0.15) is 18.4 Å². The van der Waals surface area contributed by atoms with E-state index in [4.69, 9.17) is 9.47 Å². The van der Waals surface area contributed by atoms with Gasteiger partial charge in [-0.1, -0.05) is 18.2 Å². The standard InChI is InChI=1S/C24H21N3O5/c1-25-15-6-3-2-5-14(15)24(23(25)30)20-19(16-7-4-10-26(16)24)21(28)27(22(20)29)13-8-9-17-18(11-13)32-12-31-17/h2-3,5-6,8-9,11,16,19-20H,4,7,10,12H2,1H3. The topological polar surface area (TPSA) is 79.4 Å². The van der Waals surface area contributed by atoms with Gasteiger partial charge in [-0.2, -0.15) is 0 Å². The van der Waals surface area contributed by atoms with Crippen molar-refractivity contribution in [2.75, 3.05) is 30.2 Å². The molecule has 0 aromatic heterocycles. The lowest BCUT2D eigenvalue weighted by Gasteiger charge is -2.37. The number of para-hydroxylation sites is 1. The van der Waals surface area contributed by atoms with Crippen molar-refractivity contribution in [3.63, 3.8) is 0 Å². The number of rotatable bonds is 1. The van der Waals surface area contributed by atoms with Crippen LogP contribution in [0.15, 0.2) is 42.5 Å². The summed E-state index contributed by atoms with van der Waals surface area (Å²) in [5, 5.41) is 0. The molecule has 32 heavy (non-hydrogen) atoms. The third kappa shape index (κ3) is 1.87. The molecule has 5 aliphatic heterocycles. The Bertz CT molecular complexity index is 1230. The number of likely N-dealkylation sites (N-methyl/N-ethyl adjacent to an activating group) is 1. The number of carbonyl (C=O) groups is 3. The average molecular weight is 431 g/mol. The van der Waals surface area contributed by atoms with Gasteiger partial charge in [-0.3, -0.25) is 19.3 Å². The molecule has 4 atom stereocenters. The molecule has 5 heterocycles. The molecule has 3 fully saturated rings. The number of imide groups is 1. The molecule has 0 radical (unpaired) electrons. The van der Waals surface area contributed by atoms with Crippen molar-refractivity contribution in [2.45, 2.75) is 24.4 Å². The van der Waals surface area contributed by atoms with E-state index in [1.54, 1.807) is 30.1 Å². The SMILES string of the molecule is CN1C(=O)C2(c3ccccc31)C1C(=O)N(c3ccc4c(c3)OCO4)C(=O)C1C1CCCN12. The summed E-state index contributed by atoms with van der Waals surface area (Å²) in [6.07, 6.45) is 1.70. The summed E-state index contributed by atoms with van der Waals surface area (Å²) >= 11 is 0. The zero-order valence-corrected chi connectivity index (χ0v) is 17.5. The zero-order chi connectivity index (χ0) is 21.8. The van der Waals surface area contributed by atoms with E-state index in [1.807, 2.05) is 24.3 Å². The molecule has 0 aliphatic carbocycles. The minimum Gasteiger partial charge on any atom is -0.454 e. The van der Waals surface area contributed by atoms with E-state index in [0.717, 1.165) is 24.1 Å². The highest BCUT2D eigenvalue weighted by molar-refractivity contribution is 6.26. The summed E-state index contributed by atoms with van der Waals surface area (Å²) < 4.78 is 10.8. The molecule has 5 aliphatic rings. The first-order valence-corrected chi connectivity index (χ1v) is 11.0. The first-order valence-electron chi connectivity index (χ1n) is 11.0. The van der Waals surface area contributed by atoms with Crippen molar-refractivity contribution in [2.24, 2.45) is 11.8 Å². The third-order valence-electron chi connectivity index (χ3n) is 7.89. The number of fused-ring (bicyclic) bond motifs is 8. The van der Waals surface area contributed by atoms with Crippen LogP contribution in [0, 0.1) is 11.8 Å². The molecule has 1 spiro atoms. The quantitative estimate of drug-likeness (QED) is 0.642. The Morgan fingerprint density at radius 2 is 1.81 bits per heavy atom. The Balaban J connectivity index is 1.42. The van der Waals surface area contributed by atoms with Gasteiger partial charge in [0, 0.05) is 30.4 Å². The van der Waals surface area contributed by atoms with Crippen molar-refractivity contribution in [1.29, 1.82) is 0 Å². The minimum absolute atomic E-state index is 0.115. The molecule has 0 N–H and O–H groups in total. The fourth-order valence-electron chi connectivity index (χ4n) is 6.73. The van der Waals surface area contributed by atoms with Crippen LogP contribution in [-0.4, -0.2) is 49.0 Å². The van der Waals surface area contributed by atoms with E-state index < -0.39 is 17.4 Å². The number of nitrogens with zero attached hydrogens (tertiary/aromatic N) is 3. The van der Waals surface area contributed by atoms with E-state index in [9.17, 15) is 14.4 Å². The molecular weight excluding hydrogens is 410 g/mol. The molecule has 4 unspecified atom stereocenters. The van der Waals surface area contributed by atoms with E-state index in [2.05, 4.69) is 4.90 Å². The van der Waals surface area contributed by atoms with Crippen molar-refractivity contribution in [3.05, 3.63) is 48.0 Å². The molecular formula is C24H21N3O5. The van der Waals surface area contributed by atoms with Gasteiger partial charge in [0.1, 0.15) is 5.54 Å². The maximum atomic E-state index is 14.0. The van der Waals surface area contributed by atoms with Gasteiger partial charge in [0.25, 0.3) is 5.91 Å². The molecule has 162 valence electrons. The van der Waals surface area contributed by atoms with Crippen molar-refractivity contribution in [1.82, 2.24) is 4.90 Å². The van der Waals surface area contributed by atoms with Crippen molar-refractivity contribution < 1.29 is 23.9 Å². The second-order valence-electron chi connectivity index (χ2n) is 9.10. The van der Waals surface area contributed by atoms with Gasteiger partial charge >= 0.3 is 0 Å². The van der Waals surface area contributed by atoms with Crippen LogP contribution in [0.5, 0.6) is 11.5 Å². The van der Waals surface area contributed by atoms with Crippen LogP contribution in [-0.2, 0) is 19.9 Å². The minimum atomic E-state index is -1.13. The van der Waals surface area contributed by atoms with Gasteiger partial charge in [0.2, 0.25) is 18.6 Å². The van der Waals surface area contributed by atoms with Gasteiger partial charge in [0.05, 0.1) is 17.5 Å². The highest BCUT2D eigenvalue weighted by Gasteiger charge is 2.75. The number of carbonyl (C=O) groups excluding carboxylic acids is 3. The average Bonchev–Trinajstić information content (AvgIpc) is 3.58. The van der Waals surface area contributed by atoms with Crippen LogP contribution in [0.3, 0.4) is 0 Å². The second-order valence-corrected chi connectivity index (χ2v) is 9.10. The largest absolute Gasteiger partial charge is 0.454 e. The molecule has 7 rings (SSSR count). The number of hydrogen-bond acceptors (Lipinski definition) is 6. The third-order valence-corrected chi connectivity index (χ3v) is 7.89. The predicted octanol–water partition coefficient (Wildman–Crippen LogP) is 1.87. The number of anilines is 2. The molecule has 2 aromatic carbocycles. The number of ether oxygens (including phenoxy) is 2. The van der Waals surface area contributed by atoms with Crippen LogP contribution in [0.2, 0.25) is 0 Å². The summed E-state index contributed by atoms with van der Waals surface area (Å²) in [6.45, 7) is 0.819. The van der Waals surface area contributed by atoms with Gasteiger partial charge in [-0.25, -0.2) is 4.90 Å². The maximum Gasteiger partial charge on any atom is 0.252 e. The summed E-state index contributed by atoms with van der Waals surface area (Å²) in [5.74, 6) is -0.846. The molecule has 3 amide bonds. The molecule has 8 heteroatoms. The monoisotopic (exact) mass is 431 g/mol. The fourth-order valence-corrected chi connectivity index (χ4v) is 6.73. The summed E-state index contributed by atoms with van der Waals surface area (Å²) in [7, 11) is 1.76. The lowest BCUT2D eigenvalue weighted by Crippen LogP contribution is -2.55. The predicted molar refractivity (Wildman–Crippen MR) is 113 cm³/mol. The Hall–Kier alpha value is -3.39. The molecule has 0 bridgehead atoms. The van der Waals surface area contributed by atoms with Gasteiger partial charge < -0.3 is 14.4 Å². The molecule has 8 nitrogen and oxygen atoms in total. The summed E-state index contributed by atoms with van der Waals surface area (Å²) in [4.78, 5) is 46.7. The normalized spacial score (nSPS) is 32.3. The van der Waals surface area contributed by atoms with E-state index in [1.165, 1.54) is 4.90 Å². The van der Waals surface area contributed by atoms with Gasteiger partial charge in [0.15, 0.2) is 11.5 Å². The molecule has 0 saturated carbocycles. The lowest BCUT2D eigenvalue weighted by atomic mass is 9.75. The first-order chi connectivity index (χ1) is 15.5. The first kappa shape index (κ1) is 18.2. The van der Waals surface area contributed by atoms with Crippen LogP contribution < -0.4 is 19.3 Å². The van der Waals surface area contributed by atoms with Crippen molar-refractivity contribution in [3.8, 4) is 11.5 Å². The molecule has 3 saturated heterocycles. The van der Waals surface area contributed by atoms with Crippen LogP contribution in [0.25, 0.3) is 0 Å². The van der Waals surface area contributed by atoms with Gasteiger partial charge in [-0.15, -0.1) is 0 Å². The van der Waals surface area contributed by atoms with E-state index in [0.29, 0.717) is 23.7 Å². The summed E-state index contributed by atoms with van der Waals surface area (Å²) in [5.41, 5.74) is 0.978. The fraction of sp³-hybridized carbons (Fsp3) is 0.375. The number of amides is 3. The van der Waals surface area contributed by atoms with Crippen LogP contribution >= 0.6 is 0 Å². The lowest BCUT2D eigenvalue weighted by molar-refractivity contribution is -0.136. The van der Waals surface area contributed by atoms with E-state index in [-0.39, 0.29) is 30.6 Å². The Morgan fingerprint density at radius 1 is 1.00 bits per heavy atom. The number of benzene rings is 2. The van der Waals surface area contributed by atoms with E-state index >= 15 is 0 Å².